The number of ether oxygens (including phenoxy) is 1. The molecule has 0 bridgehead atoms. The van der Waals surface area contributed by atoms with Gasteiger partial charge in [-0.05, 0) is 25.8 Å². The molecule has 0 N–H and O–H groups in total. The lowest BCUT2D eigenvalue weighted by Crippen LogP contribution is -2.37. The van der Waals surface area contributed by atoms with E-state index in [2.05, 4.69) is 17.9 Å². The quantitative estimate of drug-likeness (QED) is 0.727. The molecule has 0 amide bonds. The van der Waals surface area contributed by atoms with Crippen LogP contribution in [0.3, 0.4) is 0 Å². The van der Waals surface area contributed by atoms with Crippen LogP contribution in [0, 0.1) is 5.92 Å². The monoisotopic (exact) mass is 221 g/mol. The average Bonchev–Trinajstić information content (AvgIpc) is 2.33. The molecular formula is C13H19NO2. The van der Waals surface area contributed by atoms with E-state index in [9.17, 15) is 4.79 Å². The van der Waals surface area contributed by atoms with Crippen molar-refractivity contribution in [3.63, 3.8) is 0 Å². The van der Waals surface area contributed by atoms with Gasteiger partial charge in [-0.25, -0.2) is 0 Å². The molecule has 16 heavy (non-hydrogen) atoms. The van der Waals surface area contributed by atoms with E-state index in [-0.39, 0.29) is 5.92 Å². The van der Waals surface area contributed by atoms with Gasteiger partial charge in [-0.2, -0.15) is 0 Å². The largest absolute Gasteiger partial charge is 0.381 e. The highest BCUT2D eigenvalue weighted by atomic mass is 16.5. The van der Waals surface area contributed by atoms with Crippen molar-refractivity contribution >= 4 is 5.78 Å². The molecule has 1 saturated heterocycles. The number of rotatable bonds is 3. The molecule has 2 heterocycles. The van der Waals surface area contributed by atoms with Crippen molar-refractivity contribution in [1.29, 1.82) is 0 Å². The number of carbonyl (C=O) groups excluding carboxylic acids is 1. The molecule has 0 aliphatic carbocycles. The van der Waals surface area contributed by atoms with Gasteiger partial charge < -0.3 is 9.64 Å². The maximum absolute atomic E-state index is 12.1. The van der Waals surface area contributed by atoms with E-state index in [0.717, 1.165) is 26.1 Å². The molecule has 1 atom stereocenters. The van der Waals surface area contributed by atoms with Crippen LogP contribution in [-0.2, 0) is 9.53 Å². The zero-order valence-corrected chi connectivity index (χ0v) is 9.76. The predicted molar refractivity (Wildman–Crippen MR) is 63.0 cm³/mol. The Morgan fingerprint density at radius 1 is 1.38 bits per heavy atom. The minimum atomic E-state index is 0.209. The fourth-order valence-electron chi connectivity index (χ4n) is 2.16. The summed E-state index contributed by atoms with van der Waals surface area (Å²) < 4.78 is 5.27. The maximum Gasteiger partial charge on any atom is 0.155 e. The van der Waals surface area contributed by atoms with Crippen molar-refractivity contribution in [2.75, 3.05) is 19.8 Å². The first-order valence-electron chi connectivity index (χ1n) is 5.98. The third-order valence-corrected chi connectivity index (χ3v) is 3.32. The second kappa shape index (κ2) is 5.30. The molecule has 2 aliphatic heterocycles. The van der Waals surface area contributed by atoms with Gasteiger partial charge in [0.2, 0.25) is 0 Å². The molecule has 3 heteroatoms. The highest BCUT2D eigenvalue weighted by molar-refractivity contribution is 5.83. The lowest BCUT2D eigenvalue weighted by atomic mass is 9.95. The summed E-state index contributed by atoms with van der Waals surface area (Å²) in [6.45, 7) is 4.12. The zero-order chi connectivity index (χ0) is 11.4. The van der Waals surface area contributed by atoms with E-state index in [0.29, 0.717) is 18.4 Å². The normalized spacial score (nSPS) is 26.1. The number of allylic oxidation sites excluding steroid dienone is 2. The number of nitrogens with zero attached hydrogens (tertiary/aromatic N) is 1. The van der Waals surface area contributed by atoms with Crippen LogP contribution < -0.4 is 0 Å². The first-order chi connectivity index (χ1) is 7.77. The van der Waals surface area contributed by atoms with E-state index in [1.165, 1.54) is 0 Å². The molecule has 1 fully saturated rings. The lowest BCUT2D eigenvalue weighted by molar-refractivity contribution is -0.126. The number of ketones is 1. The molecule has 0 aromatic rings. The van der Waals surface area contributed by atoms with Gasteiger partial charge in [0.05, 0.1) is 6.54 Å². The fourth-order valence-corrected chi connectivity index (χ4v) is 2.16. The predicted octanol–water partition coefficient (Wildman–Crippen LogP) is 1.76. The second-order valence-electron chi connectivity index (χ2n) is 4.49. The van der Waals surface area contributed by atoms with Crippen molar-refractivity contribution in [2.24, 2.45) is 5.92 Å². The van der Waals surface area contributed by atoms with Crippen molar-refractivity contribution in [3.05, 3.63) is 24.4 Å². The molecule has 0 radical (unpaired) electrons. The third-order valence-electron chi connectivity index (χ3n) is 3.32. The molecular weight excluding hydrogens is 202 g/mol. The SMILES string of the molecule is CC1C=CC=CN1CC(=O)C1CCOCC1. The molecule has 0 saturated carbocycles. The standard InChI is InChI=1S/C13H19NO2/c1-11-4-2-3-7-14(11)10-13(15)12-5-8-16-9-6-12/h2-4,7,11-12H,5-6,8-10H2,1H3. The number of hydrogen-bond donors (Lipinski definition) is 0. The fraction of sp³-hybridized carbons (Fsp3) is 0.615. The van der Waals surface area contributed by atoms with Crippen LogP contribution in [0.2, 0.25) is 0 Å². The molecule has 0 spiro atoms. The molecule has 88 valence electrons. The van der Waals surface area contributed by atoms with Gasteiger partial charge in [0, 0.05) is 31.4 Å². The van der Waals surface area contributed by atoms with Gasteiger partial charge in [0.1, 0.15) is 0 Å². The maximum atomic E-state index is 12.1. The van der Waals surface area contributed by atoms with Crippen LogP contribution in [0.25, 0.3) is 0 Å². The van der Waals surface area contributed by atoms with Crippen molar-refractivity contribution in [2.45, 2.75) is 25.8 Å². The Hall–Kier alpha value is -1.09. The summed E-state index contributed by atoms with van der Waals surface area (Å²) >= 11 is 0. The first kappa shape index (κ1) is 11.4. The van der Waals surface area contributed by atoms with Gasteiger partial charge in [-0.3, -0.25) is 4.79 Å². The van der Waals surface area contributed by atoms with E-state index < -0.39 is 0 Å². The van der Waals surface area contributed by atoms with Gasteiger partial charge in [0.15, 0.2) is 5.78 Å². The van der Waals surface area contributed by atoms with Gasteiger partial charge >= 0.3 is 0 Å². The Labute approximate surface area is 96.8 Å². The van der Waals surface area contributed by atoms with Gasteiger partial charge in [0.25, 0.3) is 0 Å². The van der Waals surface area contributed by atoms with Gasteiger partial charge in [-0.15, -0.1) is 0 Å². The topological polar surface area (TPSA) is 29.5 Å². The molecule has 3 nitrogen and oxygen atoms in total. The Kier molecular flexibility index (Phi) is 3.78. The molecule has 2 aliphatic rings. The van der Waals surface area contributed by atoms with Crippen LogP contribution in [-0.4, -0.2) is 36.5 Å². The average molecular weight is 221 g/mol. The van der Waals surface area contributed by atoms with Crippen LogP contribution in [0.15, 0.2) is 24.4 Å². The van der Waals surface area contributed by atoms with E-state index in [1.54, 1.807) is 0 Å². The van der Waals surface area contributed by atoms with E-state index in [1.807, 2.05) is 18.4 Å². The van der Waals surface area contributed by atoms with E-state index in [4.69, 9.17) is 4.74 Å². The summed E-state index contributed by atoms with van der Waals surface area (Å²) in [5.74, 6) is 0.565. The summed E-state index contributed by atoms with van der Waals surface area (Å²) in [4.78, 5) is 14.2. The van der Waals surface area contributed by atoms with Crippen LogP contribution in [0.1, 0.15) is 19.8 Å². The molecule has 2 rings (SSSR count). The third kappa shape index (κ3) is 2.73. The summed E-state index contributed by atoms with van der Waals surface area (Å²) in [6.07, 6.45) is 9.90. The summed E-state index contributed by atoms with van der Waals surface area (Å²) in [6, 6.07) is 0.328. The summed E-state index contributed by atoms with van der Waals surface area (Å²) in [5, 5.41) is 0. The minimum absolute atomic E-state index is 0.209. The molecule has 0 aromatic carbocycles. The van der Waals surface area contributed by atoms with Gasteiger partial charge in [-0.1, -0.05) is 12.2 Å². The lowest BCUT2D eigenvalue weighted by Gasteiger charge is -2.29. The Morgan fingerprint density at radius 2 is 2.12 bits per heavy atom. The number of carbonyl (C=O) groups is 1. The molecule has 0 aromatic heterocycles. The number of hydrogen-bond acceptors (Lipinski definition) is 3. The number of Topliss-reactive ketones (excluding diaryl/α,β-unsaturated/α-hetero) is 1. The van der Waals surface area contributed by atoms with Crippen molar-refractivity contribution in [3.8, 4) is 0 Å². The highest BCUT2D eigenvalue weighted by Gasteiger charge is 2.23. The summed E-state index contributed by atoms with van der Waals surface area (Å²) in [5.41, 5.74) is 0. The Bertz CT molecular complexity index is 303. The van der Waals surface area contributed by atoms with Crippen LogP contribution in [0.4, 0.5) is 0 Å². The van der Waals surface area contributed by atoms with Crippen LogP contribution in [0.5, 0.6) is 0 Å². The Balaban J connectivity index is 1.86. The zero-order valence-electron chi connectivity index (χ0n) is 9.76. The van der Waals surface area contributed by atoms with Crippen LogP contribution >= 0.6 is 0 Å². The first-order valence-corrected chi connectivity index (χ1v) is 5.98. The van der Waals surface area contributed by atoms with E-state index >= 15 is 0 Å². The summed E-state index contributed by atoms with van der Waals surface area (Å²) in [7, 11) is 0. The van der Waals surface area contributed by atoms with Crippen molar-refractivity contribution < 1.29 is 9.53 Å². The van der Waals surface area contributed by atoms with Crippen molar-refractivity contribution in [1.82, 2.24) is 4.90 Å². The minimum Gasteiger partial charge on any atom is -0.381 e. The second-order valence-corrected chi connectivity index (χ2v) is 4.49. The smallest absolute Gasteiger partial charge is 0.155 e. The Morgan fingerprint density at radius 3 is 2.81 bits per heavy atom. The highest BCUT2D eigenvalue weighted by Crippen LogP contribution is 2.17. The molecule has 1 unspecified atom stereocenters.